The predicted molar refractivity (Wildman–Crippen MR) is 37.2 cm³/mol. The number of hydrogen-bond donors (Lipinski definition) is 0. The van der Waals surface area contributed by atoms with Gasteiger partial charge in [-0.25, -0.2) is 4.79 Å². The fourth-order valence-electron chi connectivity index (χ4n) is 0.698. The molecular weight excluding hydrogens is 136 g/mol. The van der Waals surface area contributed by atoms with Crippen LogP contribution < -0.4 is 0 Å². The number of cyclic esters (lactones) is 1. The van der Waals surface area contributed by atoms with Gasteiger partial charge in [0.25, 0.3) is 0 Å². The molecule has 0 aromatic heterocycles. The van der Waals surface area contributed by atoms with Crippen LogP contribution in [0.25, 0.3) is 0 Å². The smallest absolute Gasteiger partial charge is 0.334 e. The zero-order valence-electron chi connectivity index (χ0n) is 5.22. The lowest BCUT2D eigenvalue weighted by molar-refractivity contribution is -0.135. The minimum Gasteiger partial charge on any atom is -0.462 e. The molecule has 0 radical (unpaired) electrons. The summed E-state index contributed by atoms with van der Waals surface area (Å²) in [5.41, 5.74) is 0.808. The standard InChI is InChI=1S/C6H8O2S/c1-9-4-5-2-3-8-6(5)7/h4H,2-3H2,1H3/b5-4-. The second kappa shape index (κ2) is 2.92. The van der Waals surface area contributed by atoms with Crippen LogP contribution in [0.5, 0.6) is 0 Å². The second-order valence-corrected chi connectivity index (χ2v) is 2.47. The number of ether oxygens (including phenoxy) is 1. The van der Waals surface area contributed by atoms with Crippen molar-refractivity contribution in [2.24, 2.45) is 0 Å². The third-order valence-electron chi connectivity index (χ3n) is 1.13. The summed E-state index contributed by atoms with van der Waals surface area (Å²) in [6.07, 6.45) is 2.71. The van der Waals surface area contributed by atoms with E-state index in [1.165, 1.54) is 11.8 Å². The number of thioether (sulfide) groups is 1. The van der Waals surface area contributed by atoms with E-state index in [0.29, 0.717) is 6.61 Å². The van der Waals surface area contributed by atoms with E-state index in [1.807, 2.05) is 11.7 Å². The highest BCUT2D eigenvalue weighted by Crippen LogP contribution is 2.15. The Morgan fingerprint density at radius 1 is 1.78 bits per heavy atom. The molecule has 1 saturated heterocycles. The molecule has 0 aromatic carbocycles. The van der Waals surface area contributed by atoms with Gasteiger partial charge in [0.1, 0.15) is 0 Å². The van der Waals surface area contributed by atoms with Crippen molar-refractivity contribution in [3.63, 3.8) is 0 Å². The normalized spacial score (nSPS) is 22.8. The maximum absolute atomic E-state index is 10.7. The van der Waals surface area contributed by atoms with Gasteiger partial charge in [0.2, 0.25) is 0 Å². The minimum absolute atomic E-state index is 0.149. The molecule has 0 bridgehead atoms. The lowest BCUT2D eigenvalue weighted by atomic mass is 10.3. The average Bonchev–Trinajstić information content (AvgIpc) is 2.18. The number of hydrogen-bond acceptors (Lipinski definition) is 3. The van der Waals surface area contributed by atoms with Crippen LogP contribution in [0, 0.1) is 0 Å². The molecule has 2 nitrogen and oxygen atoms in total. The second-order valence-electron chi connectivity index (χ2n) is 1.76. The van der Waals surface area contributed by atoms with Crippen molar-refractivity contribution in [1.82, 2.24) is 0 Å². The molecule has 0 unspecified atom stereocenters. The molecule has 0 aromatic rings. The van der Waals surface area contributed by atoms with Crippen LogP contribution >= 0.6 is 11.8 Å². The molecule has 1 rings (SSSR count). The van der Waals surface area contributed by atoms with Crippen molar-refractivity contribution in [2.45, 2.75) is 6.42 Å². The van der Waals surface area contributed by atoms with E-state index in [4.69, 9.17) is 4.74 Å². The first-order chi connectivity index (χ1) is 4.34. The third-order valence-corrected chi connectivity index (χ3v) is 1.65. The highest BCUT2D eigenvalue weighted by Gasteiger charge is 2.17. The molecule has 0 saturated carbocycles. The SMILES string of the molecule is CS/C=C1/CCOC1=O. The molecule has 50 valence electrons. The van der Waals surface area contributed by atoms with Crippen molar-refractivity contribution >= 4 is 17.7 Å². The van der Waals surface area contributed by atoms with Crippen molar-refractivity contribution in [3.8, 4) is 0 Å². The zero-order valence-corrected chi connectivity index (χ0v) is 6.03. The van der Waals surface area contributed by atoms with E-state index in [2.05, 4.69) is 0 Å². The molecular formula is C6H8O2S. The van der Waals surface area contributed by atoms with E-state index in [-0.39, 0.29) is 5.97 Å². The van der Waals surface area contributed by atoms with Crippen molar-refractivity contribution in [3.05, 3.63) is 11.0 Å². The van der Waals surface area contributed by atoms with Gasteiger partial charge in [-0.1, -0.05) is 0 Å². The lowest BCUT2D eigenvalue weighted by Gasteiger charge is -1.86. The highest BCUT2D eigenvalue weighted by molar-refractivity contribution is 8.01. The molecule has 0 amide bonds. The Hall–Kier alpha value is -0.440. The minimum atomic E-state index is -0.149. The zero-order chi connectivity index (χ0) is 6.69. The summed E-state index contributed by atoms with van der Waals surface area (Å²) in [4.78, 5) is 10.7. The molecule has 0 atom stereocenters. The van der Waals surface area contributed by atoms with Gasteiger partial charge < -0.3 is 4.74 Å². The van der Waals surface area contributed by atoms with Crippen molar-refractivity contribution in [2.75, 3.05) is 12.9 Å². The quantitative estimate of drug-likeness (QED) is 0.408. The Bertz CT molecular complexity index is 151. The van der Waals surface area contributed by atoms with Gasteiger partial charge in [0, 0.05) is 12.0 Å². The molecule has 1 aliphatic heterocycles. The van der Waals surface area contributed by atoms with E-state index < -0.39 is 0 Å². The van der Waals surface area contributed by atoms with Gasteiger partial charge in [-0.15, -0.1) is 11.8 Å². The first-order valence-corrected chi connectivity index (χ1v) is 4.02. The maximum Gasteiger partial charge on any atom is 0.334 e. The Labute approximate surface area is 58.3 Å². The van der Waals surface area contributed by atoms with Gasteiger partial charge in [-0.05, 0) is 11.7 Å². The summed E-state index contributed by atoms with van der Waals surface area (Å²) >= 11 is 1.54. The number of rotatable bonds is 1. The maximum atomic E-state index is 10.7. The molecule has 1 heterocycles. The van der Waals surface area contributed by atoms with Crippen LogP contribution in [-0.4, -0.2) is 18.8 Å². The van der Waals surface area contributed by atoms with Crippen LogP contribution in [0.4, 0.5) is 0 Å². The van der Waals surface area contributed by atoms with Gasteiger partial charge in [-0.3, -0.25) is 0 Å². The van der Waals surface area contributed by atoms with Crippen molar-refractivity contribution in [1.29, 1.82) is 0 Å². The van der Waals surface area contributed by atoms with Crippen molar-refractivity contribution < 1.29 is 9.53 Å². The molecule has 0 spiro atoms. The van der Waals surface area contributed by atoms with E-state index in [9.17, 15) is 4.79 Å². The predicted octanol–water partition coefficient (Wildman–Crippen LogP) is 1.18. The first-order valence-electron chi connectivity index (χ1n) is 2.73. The van der Waals surface area contributed by atoms with E-state index in [1.54, 1.807) is 0 Å². The Balaban J connectivity index is 2.59. The van der Waals surface area contributed by atoms with Crippen LogP contribution in [0.1, 0.15) is 6.42 Å². The monoisotopic (exact) mass is 144 g/mol. The fraction of sp³-hybridized carbons (Fsp3) is 0.500. The lowest BCUT2D eigenvalue weighted by Crippen LogP contribution is -1.93. The average molecular weight is 144 g/mol. The largest absolute Gasteiger partial charge is 0.462 e. The van der Waals surface area contributed by atoms with Gasteiger partial charge >= 0.3 is 5.97 Å². The highest BCUT2D eigenvalue weighted by atomic mass is 32.2. The molecule has 0 aliphatic carbocycles. The van der Waals surface area contributed by atoms with Crippen LogP contribution in [0.3, 0.4) is 0 Å². The Morgan fingerprint density at radius 3 is 3.00 bits per heavy atom. The summed E-state index contributed by atoms with van der Waals surface area (Å²) in [6.45, 7) is 0.561. The van der Waals surface area contributed by atoms with E-state index in [0.717, 1.165) is 12.0 Å². The molecule has 1 fully saturated rings. The summed E-state index contributed by atoms with van der Waals surface area (Å²) in [6, 6.07) is 0. The Morgan fingerprint density at radius 2 is 2.56 bits per heavy atom. The fourth-order valence-corrected chi connectivity index (χ4v) is 1.20. The number of carbonyl (C=O) groups is 1. The summed E-state index contributed by atoms with van der Waals surface area (Å²) in [5, 5.41) is 1.84. The summed E-state index contributed by atoms with van der Waals surface area (Å²) < 4.78 is 4.70. The molecule has 1 aliphatic rings. The van der Waals surface area contributed by atoms with Crippen LogP contribution in [0.2, 0.25) is 0 Å². The first kappa shape index (κ1) is 6.68. The summed E-state index contributed by atoms with van der Waals surface area (Å²) in [5.74, 6) is -0.149. The summed E-state index contributed by atoms with van der Waals surface area (Å²) in [7, 11) is 0. The number of carbonyl (C=O) groups excluding carboxylic acids is 1. The number of esters is 1. The van der Waals surface area contributed by atoms with Crippen LogP contribution in [0.15, 0.2) is 11.0 Å². The van der Waals surface area contributed by atoms with E-state index >= 15 is 0 Å². The van der Waals surface area contributed by atoms with Gasteiger partial charge in [0.15, 0.2) is 0 Å². The topological polar surface area (TPSA) is 26.3 Å². The molecule has 3 heteroatoms. The van der Waals surface area contributed by atoms with Gasteiger partial charge in [0.05, 0.1) is 6.61 Å². The van der Waals surface area contributed by atoms with Crippen LogP contribution in [-0.2, 0) is 9.53 Å². The third kappa shape index (κ3) is 1.48. The molecule has 9 heavy (non-hydrogen) atoms. The molecule has 0 N–H and O–H groups in total. The Kier molecular flexibility index (Phi) is 2.16. The van der Waals surface area contributed by atoms with Gasteiger partial charge in [-0.2, -0.15) is 0 Å².